The molecule has 9 nitrogen and oxygen atoms in total. The smallest absolute Gasteiger partial charge is 0.306 e. The summed E-state index contributed by atoms with van der Waals surface area (Å²) in [7, 11) is 1.18. The van der Waals surface area contributed by atoms with Crippen LogP contribution in [0.5, 0.6) is 0 Å². The third kappa shape index (κ3) is 86.0. The van der Waals surface area contributed by atoms with Gasteiger partial charge in [-0.05, 0) is 70.6 Å². The van der Waals surface area contributed by atoms with Crippen LogP contribution in [0.1, 0.15) is 431 Å². The van der Waals surface area contributed by atoms with Crippen molar-refractivity contribution in [2.45, 2.75) is 437 Å². The van der Waals surface area contributed by atoms with Crippen LogP contribution in [0.25, 0.3) is 0 Å². The van der Waals surface area contributed by atoms with Crippen LogP contribution >= 0.6 is 7.82 Å². The topological polar surface area (TPSA) is 111 Å². The maximum atomic E-state index is 12.9. The van der Waals surface area contributed by atoms with Gasteiger partial charge in [-0.15, -0.1) is 0 Å². The lowest BCUT2D eigenvalue weighted by Crippen LogP contribution is -2.37. The molecule has 0 saturated heterocycles. The molecule has 0 aromatic rings. The van der Waals surface area contributed by atoms with E-state index in [1.165, 1.54) is 315 Å². The first-order valence-corrected chi connectivity index (χ1v) is 45.3. The Morgan fingerprint density at radius 1 is 0.317 bits per heavy atom. The molecule has 10 heteroatoms. The highest BCUT2D eigenvalue weighted by molar-refractivity contribution is 7.45. The molecular formula is C91H168NO8P. The van der Waals surface area contributed by atoms with Gasteiger partial charge in [0.1, 0.15) is 19.8 Å². The number of nitrogens with zero attached hydrogens (tertiary/aromatic N) is 1. The van der Waals surface area contributed by atoms with Crippen molar-refractivity contribution in [3.8, 4) is 0 Å². The maximum absolute atomic E-state index is 12.9. The fourth-order valence-electron chi connectivity index (χ4n) is 13.1. The first-order chi connectivity index (χ1) is 49.5. The highest BCUT2D eigenvalue weighted by atomic mass is 31.2. The predicted octanol–water partition coefficient (Wildman–Crippen LogP) is 28.9. The van der Waals surface area contributed by atoms with Crippen molar-refractivity contribution in [2.75, 3.05) is 47.5 Å². The molecule has 0 saturated carbocycles. The summed E-state index contributed by atoms with van der Waals surface area (Å²) in [5.41, 5.74) is 0. The summed E-state index contributed by atoms with van der Waals surface area (Å²) < 4.78 is 34.5. The van der Waals surface area contributed by atoms with E-state index in [4.69, 9.17) is 18.5 Å². The van der Waals surface area contributed by atoms with Gasteiger partial charge in [0.15, 0.2) is 6.10 Å². The molecule has 0 spiro atoms. The first kappa shape index (κ1) is 98.2. The predicted molar refractivity (Wildman–Crippen MR) is 439 cm³/mol. The molecule has 101 heavy (non-hydrogen) atoms. The Kier molecular flexibility index (Phi) is 79.0. The number of phosphoric ester groups is 1. The van der Waals surface area contributed by atoms with Gasteiger partial charge in [0.2, 0.25) is 0 Å². The van der Waals surface area contributed by atoms with Crippen molar-refractivity contribution in [1.82, 2.24) is 0 Å². The number of hydrogen-bond donors (Lipinski definition) is 0. The summed E-state index contributed by atoms with van der Waals surface area (Å²) >= 11 is 0. The van der Waals surface area contributed by atoms with Gasteiger partial charge in [0, 0.05) is 12.8 Å². The molecule has 0 aromatic carbocycles. The van der Waals surface area contributed by atoms with Crippen LogP contribution in [-0.4, -0.2) is 70.0 Å². The van der Waals surface area contributed by atoms with Crippen LogP contribution in [0, 0.1) is 0 Å². The number of hydrogen-bond acceptors (Lipinski definition) is 8. The number of carbonyl (C=O) groups excluding carboxylic acids is 2. The van der Waals surface area contributed by atoms with Gasteiger partial charge >= 0.3 is 11.9 Å². The summed E-state index contributed by atoms with van der Waals surface area (Å²) in [5, 5.41) is 0. The van der Waals surface area contributed by atoms with Crippen molar-refractivity contribution in [1.29, 1.82) is 0 Å². The van der Waals surface area contributed by atoms with E-state index in [2.05, 4.69) is 98.9 Å². The average molecular weight is 1440 g/mol. The molecule has 0 aliphatic carbocycles. The van der Waals surface area contributed by atoms with Gasteiger partial charge in [-0.25, -0.2) is 0 Å². The summed E-state index contributed by atoms with van der Waals surface area (Å²) in [6, 6.07) is 0. The van der Waals surface area contributed by atoms with E-state index in [0.29, 0.717) is 17.4 Å². The fraction of sp³-hybridized carbons (Fsp3) is 0.824. The van der Waals surface area contributed by atoms with Crippen molar-refractivity contribution in [2.24, 2.45) is 0 Å². The van der Waals surface area contributed by atoms with E-state index in [-0.39, 0.29) is 32.0 Å². The number of phosphoric acid groups is 1. The monoisotopic (exact) mass is 1430 g/mol. The zero-order chi connectivity index (χ0) is 73.3. The lowest BCUT2D eigenvalue weighted by atomic mass is 10.0. The normalized spacial score (nSPS) is 13.4. The van der Waals surface area contributed by atoms with Crippen molar-refractivity contribution < 1.29 is 42.1 Å². The van der Waals surface area contributed by atoms with E-state index in [1.54, 1.807) is 0 Å². The third-order valence-corrected chi connectivity index (χ3v) is 20.6. The second-order valence-corrected chi connectivity index (χ2v) is 32.3. The van der Waals surface area contributed by atoms with E-state index in [0.717, 1.165) is 83.5 Å². The van der Waals surface area contributed by atoms with Gasteiger partial charge in [-0.3, -0.25) is 14.2 Å². The van der Waals surface area contributed by atoms with Crippen LogP contribution in [0.3, 0.4) is 0 Å². The minimum Gasteiger partial charge on any atom is -0.756 e. The van der Waals surface area contributed by atoms with E-state index in [1.807, 2.05) is 21.1 Å². The highest BCUT2D eigenvalue weighted by Gasteiger charge is 2.22. The molecule has 0 radical (unpaired) electrons. The molecule has 0 amide bonds. The van der Waals surface area contributed by atoms with Gasteiger partial charge in [0.25, 0.3) is 7.82 Å². The number of rotatable bonds is 82. The van der Waals surface area contributed by atoms with Crippen molar-refractivity contribution in [3.05, 3.63) is 85.1 Å². The minimum absolute atomic E-state index is 0.0299. The van der Waals surface area contributed by atoms with Crippen LogP contribution in [0.2, 0.25) is 0 Å². The Labute approximate surface area is 628 Å². The zero-order valence-electron chi connectivity index (χ0n) is 67.6. The number of quaternary nitrogens is 1. The second kappa shape index (κ2) is 81.3. The molecule has 0 aromatic heterocycles. The molecule has 0 heterocycles. The molecule has 590 valence electrons. The number of carbonyl (C=O) groups is 2. The van der Waals surface area contributed by atoms with Gasteiger partial charge in [-0.2, -0.15) is 0 Å². The minimum atomic E-state index is -4.65. The van der Waals surface area contributed by atoms with Crippen molar-refractivity contribution >= 4 is 19.8 Å². The van der Waals surface area contributed by atoms with Crippen LogP contribution in [-0.2, 0) is 32.7 Å². The summed E-state index contributed by atoms with van der Waals surface area (Å²) in [4.78, 5) is 38.3. The lowest BCUT2D eigenvalue weighted by Gasteiger charge is -2.28. The highest BCUT2D eigenvalue weighted by Crippen LogP contribution is 2.38. The Bertz CT molecular complexity index is 1980. The molecular weight excluding hydrogens is 1270 g/mol. The first-order valence-electron chi connectivity index (χ1n) is 43.8. The number of likely N-dealkylation sites (N-methyl/N-ethyl adjacent to an activating group) is 1. The number of esters is 2. The number of unbranched alkanes of at least 4 members (excludes halogenated alkanes) is 54. The van der Waals surface area contributed by atoms with Crippen molar-refractivity contribution in [3.63, 3.8) is 0 Å². The number of allylic oxidation sites excluding steroid dienone is 14. The standard InChI is InChI=1S/C91H168NO8P/c1-6-8-10-12-14-16-18-20-22-24-26-28-30-32-34-36-38-40-42-44-46-48-50-52-54-56-58-60-62-64-66-68-70-72-74-76-78-80-82-84-91(94)100-89(88-99-101(95,96)98-86-85-92(3,4)5)87-97-90(93)83-81-79-77-75-73-71-69-67-65-63-61-59-57-55-53-51-49-47-45-43-41-39-37-35-33-31-29-27-25-23-21-19-17-15-13-11-9-7-2/h8,10,14,16,20,22,26,28,32,34,38,40,44,46,89H,6-7,9,11-13,15,17-19,21,23-25,27,29-31,33,35-37,39,41-43,45,47-88H2,1-5H3/b10-8-,16-14-,22-20-,28-26-,34-32-,40-38-,46-44-. The van der Waals surface area contributed by atoms with Gasteiger partial charge < -0.3 is 27.9 Å². The molecule has 2 unspecified atom stereocenters. The second-order valence-electron chi connectivity index (χ2n) is 30.9. The molecule has 0 aliphatic heterocycles. The van der Waals surface area contributed by atoms with E-state index >= 15 is 0 Å². The van der Waals surface area contributed by atoms with Gasteiger partial charge in [-0.1, -0.05) is 433 Å². The SMILES string of the molecule is CC/C=C\C/C=C\C/C=C\C/C=C\C/C=C\C/C=C\C/C=C\CCCCCCCCCCCCCCCCCCCC(=O)OC(COC(=O)CCCCCCCCCCCCCCCCCCCCCCCCCCCCCCCCCCCCCCCC)COP(=O)([O-])OCC[N+](C)(C)C. The number of ether oxygens (including phenoxy) is 2. The molecule has 0 N–H and O–H groups in total. The Morgan fingerprint density at radius 2 is 0.564 bits per heavy atom. The average Bonchev–Trinajstić information content (AvgIpc) is 0.973. The summed E-state index contributed by atoms with van der Waals surface area (Å²) in [5.74, 6) is -0.812. The van der Waals surface area contributed by atoms with Crippen LogP contribution in [0.4, 0.5) is 0 Å². The van der Waals surface area contributed by atoms with E-state index < -0.39 is 26.5 Å². The molecule has 0 bridgehead atoms. The fourth-order valence-corrected chi connectivity index (χ4v) is 13.8. The molecule has 0 aliphatic rings. The largest absolute Gasteiger partial charge is 0.756 e. The summed E-state index contributed by atoms with van der Waals surface area (Å²) in [6.07, 6.45) is 113. The Hall–Kier alpha value is -2.81. The lowest BCUT2D eigenvalue weighted by molar-refractivity contribution is -0.870. The Morgan fingerprint density at radius 3 is 0.842 bits per heavy atom. The van der Waals surface area contributed by atoms with Gasteiger partial charge in [0.05, 0.1) is 27.7 Å². The Balaban J connectivity index is 3.89. The molecule has 0 rings (SSSR count). The third-order valence-electron chi connectivity index (χ3n) is 19.7. The van der Waals surface area contributed by atoms with Crippen LogP contribution < -0.4 is 4.89 Å². The summed E-state index contributed by atoms with van der Waals surface area (Å²) in [6.45, 7) is 4.20. The van der Waals surface area contributed by atoms with Crippen LogP contribution in [0.15, 0.2) is 85.1 Å². The maximum Gasteiger partial charge on any atom is 0.306 e. The quantitative estimate of drug-likeness (QED) is 0.0195. The molecule has 0 fully saturated rings. The van der Waals surface area contributed by atoms with E-state index in [9.17, 15) is 19.0 Å². The molecule has 2 atom stereocenters. The zero-order valence-corrected chi connectivity index (χ0v) is 68.5.